The minimum Gasteiger partial charge on any atom is -0.462 e. The van der Waals surface area contributed by atoms with Crippen molar-refractivity contribution in [2.45, 2.75) is 264 Å². The fourth-order valence-electron chi connectivity index (χ4n) is 7.89. The van der Waals surface area contributed by atoms with Gasteiger partial charge in [-0.1, -0.05) is 234 Å². The van der Waals surface area contributed by atoms with E-state index < -0.39 is 26.5 Å². The lowest BCUT2D eigenvalue weighted by Gasteiger charge is -2.19. The average molecular weight is 988 g/mol. The Bertz CT molecular complexity index is 1360. The molecule has 3 N–H and O–H groups in total. The van der Waals surface area contributed by atoms with Gasteiger partial charge in [0.15, 0.2) is 6.10 Å². The molecule has 0 saturated heterocycles. The van der Waals surface area contributed by atoms with E-state index in [0.717, 1.165) is 83.5 Å². The predicted octanol–water partition coefficient (Wildman–Crippen LogP) is 17.7. The van der Waals surface area contributed by atoms with Gasteiger partial charge in [0.25, 0.3) is 0 Å². The van der Waals surface area contributed by atoms with Crippen molar-refractivity contribution in [1.29, 1.82) is 0 Å². The number of ether oxygens (including phenoxy) is 2. The largest absolute Gasteiger partial charge is 0.472 e. The molecular weight excluding hydrogens is 882 g/mol. The summed E-state index contributed by atoms with van der Waals surface area (Å²) in [6.45, 7) is 3.63. The summed E-state index contributed by atoms with van der Waals surface area (Å²) in [5.74, 6) is -0.846. The highest BCUT2D eigenvalue weighted by Gasteiger charge is 2.26. The normalized spacial score (nSPS) is 13.6. The third kappa shape index (κ3) is 54.6. The Morgan fingerprint density at radius 3 is 1.20 bits per heavy atom. The number of hydrogen-bond donors (Lipinski definition) is 2. The van der Waals surface area contributed by atoms with Crippen LogP contribution >= 0.6 is 7.82 Å². The average Bonchev–Trinajstić information content (AvgIpc) is 3.34. The minimum absolute atomic E-state index is 0.0474. The zero-order chi connectivity index (χ0) is 50.2. The number of esters is 2. The Morgan fingerprint density at radius 2 is 0.797 bits per heavy atom. The summed E-state index contributed by atoms with van der Waals surface area (Å²) in [4.78, 5) is 35.2. The van der Waals surface area contributed by atoms with Gasteiger partial charge >= 0.3 is 19.8 Å². The fourth-order valence-corrected chi connectivity index (χ4v) is 8.66. The third-order valence-corrected chi connectivity index (χ3v) is 13.1. The van der Waals surface area contributed by atoms with Crippen LogP contribution in [0.4, 0.5) is 0 Å². The molecule has 2 atom stereocenters. The van der Waals surface area contributed by atoms with Crippen LogP contribution in [0, 0.1) is 0 Å². The van der Waals surface area contributed by atoms with Gasteiger partial charge in [-0.2, -0.15) is 0 Å². The van der Waals surface area contributed by atoms with Crippen LogP contribution in [0.5, 0.6) is 0 Å². The Balaban J connectivity index is 3.99. The Labute approximate surface area is 424 Å². The second kappa shape index (κ2) is 54.8. The van der Waals surface area contributed by atoms with E-state index in [4.69, 9.17) is 24.3 Å². The SMILES string of the molecule is CC/C=C\C/C=C\C/C=C\C/C=C\C/C=C\CCCCCCCC(=O)OC(COC(=O)CCCCCCCCCCCCCCCCC/C=C\CCCCCCCCCC)COP(=O)(O)OCCN. The first-order valence-corrected chi connectivity index (χ1v) is 29.9. The summed E-state index contributed by atoms with van der Waals surface area (Å²) >= 11 is 0. The molecule has 0 aromatic heterocycles. The zero-order valence-corrected chi connectivity index (χ0v) is 45.4. The molecule has 0 spiro atoms. The number of phosphoric acid groups is 1. The van der Waals surface area contributed by atoms with Gasteiger partial charge in [0.05, 0.1) is 13.2 Å². The monoisotopic (exact) mass is 988 g/mol. The van der Waals surface area contributed by atoms with E-state index in [-0.39, 0.29) is 38.6 Å². The van der Waals surface area contributed by atoms with E-state index >= 15 is 0 Å². The number of carbonyl (C=O) groups is 2. The Kier molecular flexibility index (Phi) is 52.8. The number of phosphoric ester groups is 1. The summed E-state index contributed by atoms with van der Waals surface area (Å²) in [6, 6.07) is 0. The van der Waals surface area contributed by atoms with Crippen LogP contribution in [0.25, 0.3) is 0 Å². The van der Waals surface area contributed by atoms with Crippen LogP contribution in [0.2, 0.25) is 0 Å². The Hall–Kier alpha value is -2.55. The second-order valence-electron chi connectivity index (χ2n) is 18.8. The number of nitrogens with two attached hydrogens (primary N) is 1. The smallest absolute Gasteiger partial charge is 0.462 e. The number of hydrogen-bond acceptors (Lipinski definition) is 8. The van der Waals surface area contributed by atoms with Crippen molar-refractivity contribution in [1.82, 2.24) is 0 Å². The molecule has 0 fully saturated rings. The summed E-state index contributed by atoms with van der Waals surface area (Å²) < 4.78 is 33.0. The topological polar surface area (TPSA) is 134 Å². The summed E-state index contributed by atoms with van der Waals surface area (Å²) in [7, 11) is -4.40. The van der Waals surface area contributed by atoms with Crippen molar-refractivity contribution in [2.75, 3.05) is 26.4 Å². The Morgan fingerprint density at radius 1 is 0.449 bits per heavy atom. The minimum atomic E-state index is -4.40. The van der Waals surface area contributed by atoms with E-state index in [1.807, 2.05) is 0 Å². The summed E-state index contributed by atoms with van der Waals surface area (Å²) in [5, 5.41) is 0. The van der Waals surface area contributed by atoms with Gasteiger partial charge in [0, 0.05) is 19.4 Å². The molecular formula is C59H106NO8P. The highest BCUT2D eigenvalue weighted by Crippen LogP contribution is 2.43. The highest BCUT2D eigenvalue weighted by molar-refractivity contribution is 7.47. The molecule has 0 saturated carbocycles. The number of allylic oxidation sites excluding steroid dienone is 12. The summed E-state index contributed by atoms with van der Waals surface area (Å²) in [5.41, 5.74) is 5.38. The quantitative estimate of drug-likeness (QED) is 0.0264. The third-order valence-electron chi connectivity index (χ3n) is 12.1. The first-order chi connectivity index (χ1) is 33.8. The fraction of sp³-hybridized carbons (Fsp3) is 0.763. The van der Waals surface area contributed by atoms with Gasteiger partial charge in [-0.15, -0.1) is 0 Å². The van der Waals surface area contributed by atoms with Gasteiger partial charge in [-0.3, -0.25) is 18.6 Å². The zero-order valence-electron chi connectivity index (χ0n) is 44.5. The molecule has 0 aliphatic heterocycles. The van der Waals surface area contributed by atoms with Crippen LogP contribution in [0.15, 0.2) is 72.9 Å². The highest BCUT2D eigenvalue weighted by atomic mass is 31.2. The van der Waals surface area contributed by atoms with E-state index in [1.165, 1.54) is 141 Å². The molecule has 0 heterocycles. The first-order valence-electron chi connectivity index (χ1n) is 28.4. The van der Waals surface area contributed by atoms with Crippen molar-refractivity contribution in [2.24, 2.45) is 5.73 Å². The molecule has 0 aromatic rings. The first kappa shape index (κ1) is 66.5. The maximum atomic E-state index is 12.7. The van der Waals surface area contributed by atoms with Crippen molar-refractivity contribution in [3.8, 4) is 0 Å². The van der Waals surface area contributed by atoms with Gasteiger partial charge in [-0.05, 0) is 83.5 Å². The number of carbonyl (C=O) groups excluding carboxylic acids is 2. The molecule has 10 heteroatoms. The molecule has 0 aromatic carbocycles. The lowest BCUT2D eigenvalue weighted by molar-refractivity contribution is -0.161. The van der Waals surface area contributed by atoms with Crippen LogP contribution in [0.1, 0.15) is 258 Å². The van der Waals surface area contributed by atoms with Crippen LogP contribution in [-0.2, 0) is 32.7 Å². The molecule has 0 aliphatic rings. The molecule has 0 amide bonds. The van der Waals surface area contributed by atoms with Gasteiger partial charge in [0.1, 0.15) is 6.61 Å². The molecule has 0 bridgehead atoms. The van der Waals surface area contributed by atoms with Crippen molar-refractivity contribution < 1.29 is 37.6 Å². The predicted molar refractivity (Wildman–Crippen MR) is 293 cm³/mol. The molecule has 0 radical (unpaired) electrons. The maximum absolute atomic E-state index is 12.7. The van der Waals surface area contributed by atoms with Crippen molar-refractivity contribution >= 4 is 19.8 Å². The van der Waals surface area contributed by atoms with E-state index in [1.54, 1.807) is 0 Å². The van der Waals surface area contributed by atoms with Crippen LogP contribution < -0.4 is 5.73 Å². The molecule has 400 valence electrons. The van der Waals surface area contributed by atoms with Gasteiger partial charge in [-0.25, -0.2) is 4.57 Å². The standard InChI is InChI=1S/C59H106NO8P/c1-3-5-7-9-11-13-15-17-19-21-23-25-26-27-28-29-30-32-33-35-37-39-41-43-45-47-49-51-58(61)65-55-57(56-67-69(63,64)66-54-53-60)68-59(62)52-50-48-46-44-42-40-38-36-34-31-24-22-20-18-16-14-12-10-8-6-4-2/h6,8,12,14,18,20-21,23-24,31,36,38,57H,3-5,7,9-11,13,15-17,19,22,25-30,32-35,37,39-56,60H2,1-2H3,(H,63,64)/b8-6-,14-12-,20-18-,23-21-,31-24-,38-36-. The molecule has 0 rings (SSSR count). The summed E-state index contributed by atoms with van der Waals surface area (Å²) in [6.07, 6.45) is 69.6. The lowest BCUT2D eigenvalue weighted by atomic mass is 10.0. The van der Waals surface area contributed by atoms with Crippen LogP contribution in [0.3, 0.4) is 0 Å². The van der Waals surface area contributed by atoms with Crippen LogP contribution in [-0.4, -0.2) is 49.3 Å². The maximum Gasteiger partial charge on any atom is 0.472 e. The molecule has 9 nitrogen and oxygen atoms in total. The molecule has 69 heavy (non-hydrogen) atoms. The second-order valence-corrected chi connectivity index (χ2v) is 20.2. The molecule has 0 aliphatic carbocycles. The number of rotatable bonds is 53. The van der Waals surface area contributed by atoms with Gasteiger partial charge in [0.2, 0.25) is 0 Å². The van der Waals surface area contributed by atoms with E-state index in [0.29, 0.717) is 6.42 Å². The van der Waals surface area contributed by atoms with Crippen molar-refractivity contribution in [3.63, 3.8) is 0 Å². The van der Waals surface area contributed by atoms with E-state index in [9.17, 15) is 19.0 Å². The van der Waals surface area contributed by atoms with Crippen molar-refractivity contribution in [3.05, 3.63) is 72.9 Å². The number of unbranched alkanes of at least 4 members (excludes halogenated alkanes) is 28. The van der Waals surface area contributed by atoms with E-state index in [2.05, 4.69) is 86.8 Å². The lowest BCUT2D eigenvalue weighted by Crippen LogP contribution is -2.29. The van der Waals surface area contributed by atoms with Gasteiger partial charge < -0.3 is 20.1 Å². The molecule has 2 unspecified atom stereocenters.